The molecule has 0 unspecified atom stereocenters. The Morgan fingerprint density at radius 3 is 2.60 bits per heavy atom. The first kappa shape index (κ1) is 17.2. The van der Waals surface area contributed by atoms with Crippen molar-refractivity contribution in [2.24, 2.45) is 0 Å². The molecule has 1 rings (SSSR count). The van der Waals surface area contributed by atoms with E-state index in [9.17, 15) is 0 Å². The fourth-order valence-electron chi connectivity index (χ4n) is 1.99. The SMILES string of the molecule is CC[NH+](CC)CCCNC(=S)Nc1ccc(C)c(Cl)c1. The van der Waals surface area contributed by atoms with Crippen LogP contribution in [0.2, 0.25) is 5.02 Å². The third-order valence-corrected chi connectivity index (χ3v) is 4.08. The van der Waals surface area contributed by atoms with E-state index in [1.165, 1.54) is 19.6 Å². The fourth-order valence-corrected chi connectivity index (χ4v) is 2.39. The van der Waals surface area contributed by atoms with Gasteiger partial charge in [-0.3, -0.25) is 0 Å². The zero-order chi connectivity index (χ0) is 15.0. The predicted octanol–water partition coefficient (Wildman–Crippen LogP) is 2.25. The lowest BCUT2D eigenvalue weighted by Gasteiger charge is -2.16. The van der Waals surface area contributed by atoms with Crippen molar-refractivity contribution >= 4 is 34.6 Å². The number of hydrogen-bond acceptors (Lipinski definition) is 1. The predicted molar refractivity (Wildman–Crippen MR) is 91.9 cm³/mol. The van der Waals surface area contributed by atoms with E-state index in [2.05, 4.69) is 24.5 Å². The number of quaternary nitrogens is 1. The molecule has 0 aliphatic heterocycles. The van der Waals surface area contributed by atoms with Gasteiger partial charge in [0.15, 0.2) is 5.11 Å². The van der Waals surface area contributed by atoms with Gasteiger partial charge in [0, 0.05) is 23.7 Å². The van der Waals surface area contributed by atoms with Gasteiger partial charge in [-0.15, -0.1) is 0 Å². The number of halogens is 1. The van der Waals surface area contributed by atoms with Crippen molar-refractivity contribution < 1.29 is 4.90 Å². The first-order chi connectivity index (χ1) is 9.56. The molecule has 112 valence electrons. The molecule has 0 saturated carbocycles. The van der Waals surface area contributed by atoms with Crippen molar-refractivity contribution in [3.05, 3.63) is 28.8 Å². The summed E-state index contributed by atoms with van der Waals surface area (Å²) in [5, 5.41) is 7.79. The molecule has 0 aromatic heterocycles. The monoisotopic (exact) mass is 314 g/mol. The smallest absolute Gasteiger partial charge is 0.170 e. The molecule has 0 heterocycles. The quantitative estimate of drug-likeness (QED) is 0.532. The van der Waals surface area contributed by atoms with Gasteiger partial charge in [0.1, 0.15) is 0 Å². The average Bonchev–Trinajstić information content (AvgIpc) is 2.43. The van der Waals surface area contributed by atoms with Gasteiger partial charge in [-0.05, 0) is 50.7 Å². The minimum atomic E-state index is 0.652. The fraction of sp³-hybridized carbons (Fsp3) is 0.533. The largest absolute Gasteiger partial charge is 0.362 e. The summed E-state index contributed by atoms with van der Waals surface area (Å²) < 4.78 is 0. The highest BCUT2D eigenvalue weighted by Gasteiger charge is 2.03. The zero-order valence-electron chi connectivity index (χ0n) is 12.6. The molecule has 0 atom stereocenters. The number of rotatable bonds is 7. The van der Waals surface area contributed by atoms with Gasteiger partial charge in [-0.1, -0.05) is 17.7 Å². The number of benzene rings is 1. The zero-order valence-corrected chi connectivity index (χ0v) is 14.1. The Hall–Kier alpha value is -0.840. The van der Waals surface area contributed by atoms with Gasteiger partial charge >= 0.3 is 0 Å². The third kappa shape index (κ3) is 6.07. The standard InChI is InChI=1S/C15H24ClN3S/c1-4-19(5-2)10-6-9-17-15(20)18-13-8-7-12(3)14(16)11-13/h7-8,11H,4-6,9-10H2,1-3H3,(H2,17,18,20)/p+1. The van der Waals surface area contributed by atoms with Crippen LogP contribution in [0, 0.1) is 6.92 Å². The van der Waals surface area contributed by atoms with Gasteiger partial charge in [0.2, 0.25) is 0 Å². The van der Waals surface area contributed by atoms with Crippen molar-refractivity contribution in [2.45, 2.75) is 27.2 Å². The van der Waals surface area contributed by atoms with Gasteiger partial charge < -0.3 is 15.5 Å². The summed E-state index contributed by atoms with van der Waals surface area (Å²) in [5.41, 5.74) is 1.99. The van der Waals surface area contributed by atoms with Crippen molar-refractivity contribution in [3.8, 4) is 0 Å². The number of aryl methyl sites for hydroxylation is 1. The van der Waals surface area contributed by atoms with Crippen LogP contribution < -0.4 is 15.5 Å². The minimum Gasteiger partial charge on any atom is -0.362 e. The van der Waals surface area contributed by atoms with Gasteiger partial charge in [0.05, 0.1) is 19.6 Å². The lowest BCUT2D eigenvalue weighted by Crippen LogP contribution is -3.11. The second-order valence-corrected chi connectivity index (χ2v) is 5.72. The number of hydrogen-bond donors (Lipinski definition) is 3. The second-order valence-electron chi connectivity index (χ2n) is 4.91. The van der Waals surface area contributed by atoms with Crippen LogP contribution in [0.3, 0.4) is 0 Å². The Bertz CT molecular complexity index is 433. The van der Waals surface area contributed by atoms with Crippen molar-refractivity contribution in [1.29, 1.82) is 0 Å². The van der Waals surface area contributed by atoms with E-state index >= 15 is 0 Å². The summed E-state index contributed by atoms with van der Waals surface area (Å²) in [6, 6.07) is 5.86. The van der Waals surface area contributed by atoms with E-state index in [0.29, 0.717) is 5.11 Å². The number of thiocarbonyl (C=S) groups is 1. The summed E-state index contributed by atoms with van der Waals surface area (Å²) in [7, 11) is 0. The highest BCUT2D eigenvalue weighted by Crippen LogP contribution is 2.19. The molecule has 5 heteroatoms. The van der Waals surface area contributed by atoms with Crippen LogP contribution in [-0.2, 0) is 0 Å². The molecule has 0 saturated heterocycles. The highest BCUT2D eigenvalue weighted by molar-refractivity contribution is 7.80. The van der Waals surface area contributed by atoms with Gasteiger partial charge in [-0.2, -0.15) is 0 Å². The maximum atomic E-state index is 6.08. The average molecular weight is 315 g/mol. The summed E-state index contributed by atoms with van der Waals surface area (Å²) in [4.78, 5) is 1.62. The lowest BCUT2D eigenvalue weighted by atomic mass is 10.2. The molecule has 20 heavy (non-hydrogen) atoms. The van der Waals surface area contributed by atoms with Crippen LogP contribution in [0.5, 0.6) is 0 Å². The molecule has 0 aliphatic rings. The number of anilines is 1. The summed E-state index contributed by atoms with van der Waals surface area (Å²) in [5.74, 6) is 0. The molecule has 0 spiro atoms. The Morgan fingerprint density at radius 2 is 2.00 bits per heavy atom. The molecule has 3 N–H and O–H groups in total. The molecule has 3 nitrogen and oxygen atoms in total. The summed E-state index contributed by atoms with van der Waals surface area (Å²) >= 11 is 11.4. The van der Waals surface area contributed by atoms with E-state index in [4.69, 9.17) is 23.8 Å². The van der Waals surface area contributed by atoms with Gasteiger partial charge in [-0.25, -0.2) is 0 Å². The molecule has 1 aromatic carbocycles. The van der Waals surface area contributed by atoms with E-state index in [1.54, 1.807) is 4.90 Å². The first-order valence-corrected chi connectivity index (χ1v) is 8.00. The maximum Gasteiger partial charge on any atom is 0.170 e. The van der Waals surface area contributed by atoms with Crippen molar-refractivity contribution in [2.75, 3.05) is 31.5 Å². The molecule has 0 amide bonds. The van der Waals surface area contributed by atoms with Crippen LogP contribution in [0.25, 0.3) is 0 Å². The minimum absolute atomic E-state index is 0.652. The van der Waals surface area contributed by atoms with E-state index in [1.807, 2.05) is 25.1 Å². The second kappa shape index (κ2) is 9.16. The lowest BCUT2D eigenvalue weighted by molar-refractivity contribution is -0.896. The topological polar surface area (TPSA) is 28.5 Å². The van der Waals surface area contributed by atoms with Crippen molar-refractivity contribution in [1.82, 2.24) is 5.32 Å². The molecular weight excluding hydrogens is 290 g/mol. The third-order valence-electron chi connectivity index (χ3n) is 3.42. The van der Waals surface area contributed by atoms with Crippen LogP contribution >= 0.6 is 23.8 Å². The van der Waals surface area contributed by atoms with Gasteiger partial charge in [0.25, 0.3) is 0 Å². The summed E-state index contributed by atoms with van der Waals surface area (Å²) in [6.45, 7) is 10.9. The van der Waals surface area contributed by atoms with Crippen molar-refractivity contribution in [3.63, 3.8) is 0 Å². The molecular formula is C15H25ClN3S+. The normalized spacial score (nSPS) is 10.7. The molecule has 0 radical (unpaired) electrons. The van der Waals surface area contributed by atoms with E-state index < -0.39 is 0 Å². The highest BCUT2D eigenvalue weighted by atomic mass is 35.5. The van der Waals surface area contributed by atoms with Crippen LogP contribution in [0.15, 0.2) is 18.2 Å². The molecule has 0 fully saturated rings. The summed E-state index contributed by atoms with van der Waals surface area (Å²) in [6.07, 6.45) is 1.12. The Labute approximate surface area is 132 Å². The number of nitrogens with one attached hydrogen (secondary N) is 3. The van der Waals surface area contributed by atoms with E-state index in [0.717, 1.165) is 29.2 Å². The Morgan fingerprint density at radius 1 is 1.30 bits per heavy atom. The van der Waals surface area contributed by atoms with E-state index in [-0.39, 0.29) is 0 Å². The Kier molecular flexibility index (Phi) is 7.88. The Balaban J connectivity index is 2.28. The maximum absolute atomic E-state index is 6.08. The van der Waals surface area contributed by atoms with Crippen LogP contribution in [0.4, 0.5) is 5.69 Å². The molecule has 0 aliphatic carbocycles. The molecule has 0 bridgehead atoms. The molecule has 1 aromatic rings. The first-order valence-electron chi connectivity index (χ1n) is 7.21. The van der Waals surface area contributed by atoms with Crippen LogP contribution in [-0.4, -0.2) is 31.3 Å². The van der Waals surface area contributed by atoms with Crippen LogP contribution in [0.1, 0.15) is 25.8 Å².